The summed E-state index contributed by atoms with van der Waals surface area (Å²) in [6, 6.07) is 10.4. The molecule has 0 aromatic heterocycles. The van der Waals surface area contributed by atoms with E-state index in [1.165, 1.54) is 5.56 Å². The van der Waals surface area contributed by atoms with Crippen LogP contribution in [-0.4, -0.2) is 26.4 Å². The molecule has 0 bridgehead atoms. The van der Waals surface area contributed by atoms with Crippen LogP contribution in [0.2, 0.25) is 0 Å². The number of nitrogens with two attached hydrogens (primary N) is 1. The lowest BCUT2D eigenvalue weighted by Gasteiger charge is -2.27. The van der Waals surface area contributed by atoms with Gasteiger partial charge in [-0.2, -0.15) is 0 Å². The molecule has 0 heterocycles. The SMILES string of the molecule is COCCCOC(c1ccccc1)C(C)C(C)N. The van der Waals surface area contributed by atoms with E-state index in [0.29, 0.717) is 6.61 Å². The third-order valence-electron chi connectivity index (χ3n) is 3.23. The number of methoxy groups -OCH3 is 1. The average molecular weight is 251 g/mol. The second-order valence-corrected chi connectivity index (χ2v) is 4.77. The Labute approximate surface area is 110 Å². The van der Waals surface area contributed by atoms with Gasteiger partial charge in [0.15, 0.2) is 0 Å². The van der Waals surface area contributed by atoms with Crippen molar-refractivity contribution in [2.45, 2.75) is 32.4 Å². The summed E-state index contributed by atoms with van der Waals surface area (Å²) in [5.41, 5.74) is 7.19. The summed E-state index contributed by atoms with van der Waals surface area (Å²) in [5.74, 6) is 0.287. The summed E-state index contributed by atoms with van der Waals surface area (Å²) in [6.07, 6.45) is 0.967. The van der Waals surface area contributed by atoms with Gasteiger partial charge in [0.05, 0.1) is 6.10 Å². The van der Waals surface area contributed by atoms with Gasteiger partial charge in [-0.15, -0.1) is 0 Å². The third-order valence-corrected chi connectivity index (χ3v) is 3.23. The van der Waals surface area contributed by atoms with Crippen LogP contribution in [0.25, 0.3) is 0 Å². The first-order chi connectivity index (χ1) is 8.66. The van der Waals surface area contributed by atoms with Crippen molar-refractivity contribution in [3.05, 3.63) is 35.9 Å². The Bertz CT molecular complexity index is 314. The molecule has 3 unspecified atom stereocenters. The molecule has 2 N–H and O–H groups in total. The molecule has 3 nitrogen and oxygen atoms in total. The molecule has 18 heavy (non-hydrogen) atoms. The van der Waals surface area contributed by atoms with Gasteiger partial charge in [0.2, 0.25) is 0 Å². The Morgan fingerprint density at radius 2 is 1.78 bits per heavy atom. The summed E-state index contributed by atoms with van der Waals surface area (Å²) in [7, 11) is 1.71. The van der Waals surface area contributed by atoms with Crippen molar-refractivity contribution in [2.24, 2.45) is 11.7 Å². The zero-order valence-electron chi connectivity index (χ0n) is 11.6. The van der Waals surface area contributed by atoms with E-state index in [9.17, 15) is 0 Å². The fourth-order valence-corrected chi connectivity index (χ4v) is 1.88. The maximum absolute atomic E-state index is 6.00. The predicted octanol–water partition coefficient (Wildman–Crippen LogP) is 2.76. The number of hydrogen-bond donors (Lipinski definition) is 1. The molecule has 0 fully saturated rings. The summed E-state index contributed by atoms with van der Waals surface area (Å²) >= 11 is 0. The lowest BCUT2D eigenvalue weighted by atomic mass is 9.92. The lowest BCUT2D eigenvalue weighted by Crippen LogP contribution is -2.30. The van der Waals surface area contributed by atoms with Gasteiger partial charge in [0.1, 0.15) is 0 Å². The van der Waals surface area contributed by atoms with Gasteiger partial charge in [0, 0.05) is 32.3 Å². The van der Waals surface area contributed by atoms with Crippen LogP contribution >= 0.6 is 0 Å². The summed E-state index contributed by atoms with van der Waals surface area (Å²) < 4.78 is 11.0. The van der Waals surface area contributed by atoms with Crippen molar-refractivity contribution in [3.8, 4) is 0 Å². The summed E-state index contributed by atoms with van der Waals surface area (Å²) in [5, 5.41) is 0. The Morgan fingerprint density at radius 3 is 2.33 bits per heavy atom. The highest BCUT2D eigenvalue weighted by Crippen LogP contribution is 2.27. The first-order valence-electron chi connectivity index (χ1n) is 6.58. The first-order valence-corrected chi connectivity index (χ1v) is 6.58. The fraction of sp³-hybridized carbons (Fsp3) is 0.600. The smallest absolute Gasteiger partial charge is 0.0865 e. The molecule has 0 saturated carbocycles. The molecular formula is C15H25NO2. The molecule has 0 amide bonds. The fourth-order valence-electron chi connectivity index (χ4n) is 1.88. The van der Waals surface area contributed by atoms with E-state index < -0.39 is 0 Å². The van der Waals surface area contributed by atoms with Gasteiger partial charge < -0.3 is 15.2 Å². The van der Waals surface area contributed by atoms with Crippen LogP contribution in [0.4, 0.5) is 0 Å². The molecule has 3 atom stereocenters. The Hall–Kier alpha value is -0.900. The number of benzene rings is 1. The van der Waals surface area contributed by atoms with E-state index in [-0.39, 0.29) is 18.1 Å². The van der Waals surface area contributed by atoms with Crippen LogP contribution in [0.3, 0.4) is 0 Å². The van der Waals surface area contributed by atoms with Gasteiger partial charge in [-0.25, -0.2) is 0 Å². The quantitative estimate of drug-likeness (QED) is 0.723. The van der Waals surface area contributed by atoms with Crippen LogP contribution in [0.1, 0.15) is 31.9 Å². The summed E-state index contributed by atoms with van der Waals surface area (Å²) in [4.78, 5) is 0. The summed E-state index contributed by atoms with van der Waals surface area (Å²) in [6.45, 7) is 5.59. The van der Waals surface area contributed by atoms with Crippen molar-refractivity contribution in [1.82, 2.24) is 0 Å². The molecular weight excluding hydrogens is 226 g/mol. The van der Waals surface area contributed by atoms with Crippen LogP contribution in [-0.2, 0) is 9.47 Å². The molecule has 0 spiro atoms. The van der Waals surface area contributed by atoms with E-state index >= 15 is 0 Å². The zero-order valence-corrected chi connectivity index (χ0v) is 11.6. The molecule has 1 aromatic rings. The van der Waals surface area contributed by atoms with Crippen LogP contribution in [0.5, 0.6) is 0 Å². The molecule has 0 radical (unpaired) electrons. The number of hydrogen-bond acceptors (Lipinski definition) is 3. The monoisotopic (exact) mass is 251 g/mol. The third kappa shape index (κ3) is 4.77. The number of ether oxygens (including phenoxy) is 2. The molecule has 0 aliphatic carbocycles. The molecule has 1 aromatic carbocycles. The minimum absolute atomic E-state index is 0.0584. The van der Waals surface area contributed by atoms with Crippen LogP contribution < -0.4 is 5.73 Å². The average Bonchev–Trinajstić information content (AvgIpc) is 2.39. The standard InChI is InChI=1S/C15H25NO2/c1-12(13(2)16)15(18-11-7-10-17-3)14-8-5-4-6-9-14/h4-6,8-9,12-13,15H,7,10-11,16H2,1-3H3. The normalized spacial score (nSPS) is 16.2. The molecule has 0 saturated heterocycles. The maximum Gasteiger partial charge on any atom is 0.0865 e. The van der Waals surface area contributed by atoms with E-state index in [2.05, 4.69) is 19.1 Å². The highest BCUT2D eigenvalue weighted by Gasteiger charge is 2.22. The van der Waals surface area contributed by atoms with Crippen molar-refractivity contribution in [3.63, 3.8) is 0 Å². The largest absolute Gasteiger partial charge is 0.385 e. The van der Waals surface area contributed by atoms with Gasteiger partial charge >= 0.3 is 0 Å². The van der Waals surface area contributed by atoms with E-state index in [1.54, 1.807) is 7.11 Å². The predicted molar refractivity (Wildman–Crippen MR) is 74.4 cm³/mol. The van der Waals surface area contributed by atoms with Crippen molar-refractivity contribution < 1.29 is 9.47 Å². The second-order valence-electron chi connectivity index (χ2n) is 4.77. The minimum Gasteiger partial charge on any atom is -0.385 e. The zero-order chi connectivity index (χ0) is 13.4. The minimum atomic E-state index is 0.0584. The Morgan fingerprint density at radius 1 is 1.11 bits per heavy atom. The van der Waals surface area contributed by atoms with Gasteiger partial charge in [-0.1, -0.05) is 37.3 Å². The molecule has 0 aliphatic heterocycles. The van der Waals surface area contributed by atoms with Gasteiger partial charge in [0.25, 0.3) is 0 Å². The van der Waals surface area contributed by atoms with Crippen LogP contribution in [0.15, 0.2) is 30.3 Å². The van der Waals surface area contributed by atoms with Crippen molar-refractivity contribution in [2.75, 3.05) is 20.3 Å². The van der Waals surface area contributed by atoms with E-state index in [1.807, 2.05) is 25.1 Å². The molecule has 3 heteroatoms. The first kappa shape index (κ1) is 15.2. The van der Waals surface area contributed by atoms with Crippen LogP contribution in [0, 0.1) is 5.92 Å². The highest BCUT2D eigenvalue weighted by molar-refractivity contribution is 5.18. The maximum atomic E-state index is 6.00. The second kappa shape index (κ2) is 8.25. The topological polar surface area (TPSA) is 44.5 Å². The number of rotatable bonds is 8. The van der Waals surface area contributed by atoms with Crippen molar-refractivity contribution in [1.29, 1.82) is 0 Å². The highest BCUT2D eigenvalue weighted by atomic mass is 16.5. The van der Waals surface area contributed by atoms with Gasteiger partial charge in [-0.05, 0) is 18.9 Å². The lowest BCUT2D eigenvalue weighted by molar-refractivity contribution is 0.00108. The molecule has 0 aliphatic rings. The molecule has 102 valence electrons. The van der Waals surface area contributed by atoms with Crippen molar-refractivity contribution >= 4 is 0 Å². The molecule has 1 rings (SSSR count). The van der Waals surface area contributed by atoms with E-state index in [4.69, 9.17) is 15.2 Å². The van der Waals surface area contributed by atoms with E-state index in [0.717, 1.165) is 13.0 Å². The Kier molecular flexibility index (Phi) is 6.94. The Balaban J connectivity index is 2.64. The van der Waals surface area contributed by atoms with Gasteiger partial charge in [-0.3, -0.25) is 0 Å².